The van der Waals surface area contributed by atoms with Gasteiger partial charge < -0.3 is 0 Å². The van der Waals surface area contributed by atoms with Crippen LogP contribution in [0.15, 0.2) is 82.8 Å². The molecule has 0 saturated heterocycles. The molecule has 12 heteroatoms. The van der Waals surface area contributed by atoms with E-state index in [-0.39, 0.29) is 27.7 Å². The maximum Gasteiger partial charge on any atom is 0.270 e. The number of nitrogens with zero attached hydrogens (tertiary/aromatic N) is 3. The second-order valence-electron chi connectivity index (χ2n) is 6.97. The molecule has 3 rings (SSSR count). The molecule has 0 aromatic heterocycles. The number of non-ortho nitro benzene ring substituents is 1. The van der Waals surface area contributed by atoms with E-state index in [2.05, 4.69) is 10.5 Å². The summed E-state index contributed by atoms with van der Waals surface area (Å²) in [5, 5.41) is 15.4. The van der Waals surface area contributed by atoms with Crippen molar-refractivity contribution in [2.45, 2.75) is 11.4 Å². The molecule has 0 radical (unpaired) electrons. The third kappa shape index (κ3) is 6.61. The first-order chi connectivity index (χ1) is 16.2. The summed E-state index contributed by atoms with van der Waals surface area (Å²) in [6, 6.07) is 18.1. The maximum atomic E-state index is 13.2. The summed E-state index contributed by atoms with van der Waals surface area (Å²) in [4.78, 5) is 22.9. The Morgan fingerprint density at radius 1 is 1.06 bits per heavy atom. The van der Waals surface area contributed by atoms with Gasteiger partial charge in [0.15, 0.2) is 0 Å². The van der Waals surface area contributed by atoms with Crippen molar-refractivity contribution in [3.05, 3.63) is 104 Å². The molecular formula is C22H18Cl2N4O5S. The summed E-state index contributed by atoms with van der Waals surface area (Å²) >= 11 is 11.9. The molecule has 0 unspecified atom stereocenters. The lowest BCUT2D eigenvalue weighted by Gasteiger charge is -2.21. The Balaban J connectivity index is 1.78. The molecular weight excluding hydrogens is 503 g/mol. The van der Waals surface area contributed by atoms with Crippen molar-refractivity contribution in [3.63, 3.8) is 0 Å². The first-order valence-corrected chi connectivity index (χ1v) is 11.9. The van der Waals surface area contributed by atoms with Crippen LogP contribution >= 0.6 is 23.2 Å². The van der Waals surface area contributed by atoms with E-state index < -0.39 is 27.4 Å². The molecule has 0 fully saturated rings. The predicted molar refractivity (Wildman–Crippen MR) is 129 cm³/mol. The molecule has 3 aromatic carbocycles. The molecule has 0 aliphatic rings. The van der Waals surface area contributed by atoms with Crippen LogP contribution in [0.4, 0.5) is 5.69 Å². The van der Waals surface area contributed by atoms with Crippen molar-refractivity contribution in [3.8, 4) is 0 Å². The van der Waals surface area contributed by atoms with Crippen LogP contribution in [0.1, 0.15) is 11.1 Å². The summed E-state index contributed by atoms with van der Waals surface area (Å²) in [7, 11) is -4.01. The smallest absolute Gasteiger partial charge is 0.270 e. The molecule has 0 saturated carbocycles. The average molecular weight is 521 g/mol. The number of carbonyl (C=O) groups excluding carboxylic acids is 1. The van der Waals surface area contributed by atoms with E-state index in [9.17, 15) is 23.3 Å². The van der Waals surface area contributed by atoms with Crippen molar-refractivity contribution in [1.29, 1.82) is 0 Å². The second kappa shape index (κ2) is 11.2. The lowest BCUT2D eigenvalue weighted by atomic mass is 10.2. The van der Waals surface area contributed by atoms with Gasteiger partial charge in [-0.05, 0) is 35.9 Å². The first kappa shape index (κ1) is 25.3. The highest BCUT2D eigenvalue weighted by Crippen LogP contribution is 2.21. The van der Waals surface area contributed by atoms with Crippen molar-refractivity contribution < 1.29 is 18.1 Å². The van der Waals surface area contributed by atoms with Gasteiger partial charge in [-0.25, -0.2) is 13.8 Å². The quantitative estimate of drug-likeness (QED) is 0.256. The van der Waals surface area contributed by atoms with E-state index in [1.54, 1.807) is 42.5 Å². The SMILES string of the molecule is O=C(CN(Cc1ccc(Cl)cc1)S(=O)(=O)c1ccccc1)N/N=C\c1cc([N+](=O)[O-])ccc1Cl. The number of nitro groups is 1. The number of rotatable bonds is 9. The molecule has 0 heterocycles. The Labute approximate surface area is 205 Å². The number of carbonyl (C=O) groups is 1. The van der Waals surface area contributed by atoms with E-state index in [1.807, 2.05) is 0 Å². The first-order valence-electron chi connectivity index (χ1n) is 9.72. The fourth-order valence-corrected chi connectivity index (χ4v) is 4.57. The average Bonchev–Trinajstić information content (AvgIpc) is 2.81. The Morgan fingerprint density at radius 3 is 2.38 bits per heavy atom. The highest BCUT2D eigenvalue weighted by atomic mass is 35.5. The van der Waals surface area contributed by atoms with Crippen LogP contribution in [0, 0.1) is 10.1 Å². The van der Waals surface area contributed by atoms with E-state index in [0.717, 1.165) is 10.5 Å². The molecule has 0 bridgehead atoms. The number of nitro benzene ring substituents is 1. The van der Waals surface area contributed by atoms with E-state index in [4.69, 9.17) is 23.2 Å². The van der Waals surface area contributed by atoms with Crippen LogP contribution < -0.4 is 5.43 Å². The maximum absolute atomic E-state index is 13.2. The Bertz CT molecular complexity index is 1320. The van der Waals surface area contributed by atoms with Crippen LogP contribution in [0.25, 0.3) is 0 Å². The van der Waals surface area contributed by atoms with Crippen LogP contribution in [0.3, 0.4) is 0 Å². The standard InChI is InChI=1S/C22H18Cl2N4O5S/c23-18-8-6-16(7-9-18)14-27(34(32,33)20-4-2-1-3-5-20)15-22(29)26-25-13-17-12-19(28(30)31)10-11-21(17)24/h1-13H,14-15H2,(H,26,29)/b25-13-. The van der Waals surface area contributed by atoms with Gasteiger partial charge in [0.25, 0.3) is 11.6 Å². The summed E-state index contributed by atoms with van der Waals surface area (Å²) in [5.74, 6) is -0.716. The highest BCUT2D eigenvalue weighted by Gasteiger charge is 2.26. The fourth-order valence-electron chi connectivity index (χ4n) is 2.87. The lowest BCUT2D eigenvalue weighted by molar-refractivity contribution is -0.384. The second-order valence-corrected chi connectivity index (χ2v) is 9.75. The molecule has 3 aromatic rings. The van der Waals surface area contributed by atoms with Gasteiger partial charge in [-0.1, -0.05) is 53.5 Å². The van der Waals surface area contributed by atoms with Crippen LogP contribution in [-0.2, 0) is 21.4 Å². The number of hydrogen-bond donors (Lipinski definition) is 1. The lowest BCUT2D eigenvalue weighted by Crippen LogP contribution is -2.39. The Kier molecular flexibility index (Phi) is 8.35. The van der Waals surface area contributed by atoms with Crippen molar-refractivity contribution in [2.24, 2.45) is 5.10 Å². The van der Waals surface area contributed by atoms with Gasteiger partial charge in [0.1, 0.15) is 0 Å². The van der Waals surface area contributed by atoms with Gasteiger partial charge in [-0.15, -0.1) is 0 Å². The molecule has 34 heavy (non-hydrogen) atoms. The number of amides is 1. The van der Waals surface area contributed by atoms with Gasteiger partial charge in [-0.3, -0.25) is 14.9 Å². The predicted octanol–water partition coefficient (Wildman–Crippen LogP) is 4.24. The zero-order valence-electron chi connectivity index (χ0n) is 17.5. The van der Waals surface area contributed by atoms with Gasteiger partial charge in [0.05, 0.1) is 22.6 Å². The van der Waals surface area contributed by atoms with Crippen molar-refractivity contribution in [2.75, 3.05) is 6.54 Å². The van der Waals surface area contributed by atoms with Crippen LogP contribution in [0.5, 0.6) is 0 Å². The highest BCUT2D eigenvalue weighted by molar-refractivity contribution is 7.89. The third-order valence-corrected chi connectivity index (χ3v) is 6.96. The van der Waals surface area contributed by atoms with Gasteiger partial charge in [-0.2, -0.15) is 9.41 Å². The van der Waals surface area contributed by atoms with Crippen molar-refractivity contribution in [1.82, 2.24) is 9.73 Å². The third-order valence-electron chi connectivity index (χ3n) is 4.56. The molecule has 1 N–H and O–H groups in total. The van der Waals surface area contributed by atoms with E-state index >= 15 is 0 Å². The van der Waals surface area contributed by atoms with E-state index in [1.165, 1.54) is 30.3 Å². The molecule has 0 aliphatic heterocycles. The summed E-state index contributed by atoms with van der Waals surface area (Å²) in [6.07, 6.45) is 1.14. The Morgan fingerprint density at radius 2 is 1.74 bits per heavy atom. The van der Waals surface area contributed by atoms with Gasteiger partial charge in [0.2, 0.25) is 10.0 Å². The molecule has 1 amide bonds. The summed E-state index contributed by atoms with van der Waals surface area (Å²) in [6.45, 7) is -0.609. The number of nitrogens with one attached hydrogen (secondary N) is 1. The summed E-state index contributed by atoms with van der Waals surface area (Å²) < 4.78 is 27.4. The Hall–Kier alpha value is -3.31. The normalized spacial score (nSPS) is 11.6. The minimum atomic E-state index is -4.01. The minimum absolute atomic E-state index is 0.0311. The van der Waals surface area contributed by atoms with Gasteiger partial charge in [0, 0.05) is 34.3 Å². The molecule has 176 valence electrons. The number of benzene rings is 3. The largest absolute Gasteiger partial charge is 0.272 e. The van der Waals surface area contributed by atoms with E-state index in [0.29, 0.717) is 10.6 Å². The van der Waals surface area contributed by atoms with Crippen molar-refractivity contribution >= 4 is 51.0 Å². The molecule has 0 atom stereocenters. The number of hydrogen-bond acceptors (Lipinski definition) is 6. The number of halogens is 2. The molecule has 0 aliphatic carbocycles. The monoisotopic (exact) mass is 520 g/mol. The zero-order valence-corrected chi connectivity index (χ0v) is 19.8. The molecule has 0 spiro atoms. The van der Waals surface area contributed by atoms with Gasteiger partial charge >= 0.3 is 0 Å². The number of hydrazone groups is 1. The van der Waals surface area contributed by atoms with Crippen LogP contribution in [-0.4, -0.2) is 36.3 Å². The topological polar surface area (TPSA) is 122 Å². The zero-order chi connectivity index (χ0) is 24.7. The summed E-state index contributed by atoms with van der Waals surface area (Å²) in [5.41, 5.74) is 2.88. The number of sulfonamides is 1. The van der Waals surface area contributed by atoms with Crippen LogP contribution in [0.2, 0.25) is 10.0 Å². The minimum Gasteiger partial charge on any atom is -0.272 e. The fraction of sp³-hybridized carbons (Fsp3) is 0.0909. The molecule has 9 nitrogen and oxygen atoms in total.